The maximum absolute atomic E-state index is 13.4. The van der Waals surface area contributed by atoms with Crippen LogP contribution in [0, 0.1) is 5.92 Å². The molecule has 0 radical (unpaired) electrons. The van der Waals surface area contributed by atoms with Gasteiger partial charge in [0.05, 0.1) is 23.2 Å². The molecule has 2 atom stereocenters. The van der Waals surface area contributed by atoms with Gasteiger partial charge in [0, 0.05) is 23.1 Å². The molecule has 10 heteroatoms. The molecular formula is C24H26ClN3O4S2. The van der Waals surface area contributed by atoms with Gasteiger partial charge in [-0.2, -0.15) is 4.72 Å². The van der Waals surface area contributed by atoms with E-state index < -0.39 is 25.4 Å². The molecule has 1 aliphatic heterocycles. The Bertz CT molecular complexity index is 1430. The lowest BCUT2D eigenvalue weighted by Gasteiger charge is -2.42. The van der Waals surface area contributed by atoms with E-state index in [-0.39, 0.29) is 17.2 Å². The van der Waals surface area contributed by atoms with Crippen molar-refractivity contribution >= 4 is 43.5 Å². The van der Waals surface area contributed by atoms with Crippen LogP contribution in [-0.4, -0.2) is 41.4 Å². The first kappa shape index (κ1) is 24.8. The van der Waals surface area contributed by atoms with Crippen molar-refractivity contribution in [1.29, 1.82) is 0 Å². The Labute approximate surface area is 205 Å². The van der Waals surface area contributed by atoms with Gasteiger partial charge in [-0.1, -0.05) is 54.9 Å². The molecule has 0 aromatic heterocycles. The monoisotopic (exact) mass is 519 g/mol. The van der Waals surface area contributed by atoms with Gasteiger partial charge in [0.25, 0.3) is 0 Å². The number of rotatable bonds is 5. The van der Waals surface area contributed by atoms with Crippen molar-refractivity contribution < 1.29 is 16.8 Å². The van der Waals surface area contributed by atoms with Gasteiger partial charge in [-0.3, -0.25) is 4.99 Å². The number of halogens is 1. The Morgan fingerprint density at radius 2 is 1.71 bits per heavy atom. The molecule has 7 nitrogen and oxygen atoms in total. The summed E-state index contributed by atoms with van der Waals surface area (Å²) in [5, 5.41) is 0.461. The van der Waals surface area contributed by atoms with Crippen LogP contribution in [0.5, 0.6) is 0 Å². The summed E-state index contributed by atoms with van der Waals surface area (Å²) in [6.45, 7) is 2.26. The summed E-state index contributed by atoms with van der Waals surface area (Å²) in [6, 6.07) is 14.3. The highest BCUT2D eigenvalue weighted by Gasteiger charge is 2.49. The summed E-state index contributed by atoms with van der Waals surface area (Å²) >= 11 is 6.08. The van der Waals surface area contributed by atoms with Crippen LogP contribution in [0.15, 0.2) is 69.0 Å². The SMILES string of the molecule is CC1CCC(NS(C)(=O)=O)(c2ccc(Cl)cc2)C(S(C)(=O)=O)=C1C1=NCc2ccccc2C=N1. The zero-order valence-electron chi connectivity index (χ0n) is 19.1. The Morgan fingerprint density at radius 1 is 1.03 bits per heavy atom. The van der Waals surface area contributed by atoms with Crippen molar-refractivity contribution in [2.75, 3.05) is 12.5 Å². The third-order valence-electron chi connectivity index (χ3n) is 6.17. The van der Waals surface area contributed by atoms with Gasteiger partial charge >= 0.3 is 0 Å². The van der Waals surface area contributed by atoms with Crippen molar-refractivity contribution in [3.63, 3.8) is 0 Å². The largest absolute Gasteiger partial charge is 0.262 e. The van der Waals surface area contributed by atoms with Crippen LogP contribution in [0.25, 0.3) is 0 Å². The average Bonchev–Trinajstić information content (AvgIpc) is 2.96. The van der Waals surface area contributed by atoms with Crippen molar-refractivity contribution in [2.45, 2.75) is 31.8 Å². The zero-order valence-corrected chi connectivity index (χ0v) is 21.5. The number of nitrogens with one attached hydrogen (secondary N) is 1. The van der Waals surface area contributed by atoms with Crippen molar-refractivity contribution in [3.8, 4) is 0 Å². The summed E-state index contributed by atoms with van der Waals surface area (Å²) in [6.07, 6.45) is 4.60. The molecule has 0 spiro atoms. The number of fused-ring (bicyclic) bond motifs is 1. The topological polar surface area (TPSA) is 105 Å². The van der Waals surface area contributed by atoms with Gasteiger partial charge in [0.2, 0.25) is 10.0 Å². The third kappa shape index (κ3) is 4.88. The lowest BCUT2D eigenvalue weighted by molar-refractivity contribution is 0.371. The number of hydrogen-bond donors (Lipinski definition) is 1. The molecule has 2 unspecified atom stereocenters. The predicted molar refractivity (Wildman–Crippen MR) is 137 cm³/mol. The van der Waals surface area contributed by atoms with Gasteiger partial charge in [0.1, 0.15) is 0 Å². The number of benzene rings is 2. The molecule has 1 N–H and O–H groups in total. The number of sulfonamides is 1. The van der Waals surface area contributed by atoms with E-state index in [0.29, 0.717) is 35.0 Å². The number of nitrogens with zero attached hydrogens (tertiary/aromatic N) is 2. The third-order valence-corrected chi connectivity index (χ3v) is 8.45. The number of hydrogen-bond acceptors (Lipinski definition) is 6. The van der Waals surface area contributed by atoms with E-state index in [1.54, 1.807) is 30.5 Å². The van der Waals surface area contributed by atoms with Crippen LogP contribution in [-0.2, 0) is 31.9 Å². The van der Waals surface area contributed by atoms with Crippen LogP contribution in [0.4, 0.5) is 0 Å². The minimum atomic E-state index is -3.91. The highest BCUT2D eigenvalue weighted by molar-refractivity contribution is 7.94. The molecule has 0 bridgehead atoms. The van der Waals surface area contributed by atoms with Gasteiger partial charge in [-0.25, -0.2) is 21.8 Å². The average molecular weight is 520 g/mol. The van der Waals surface area contributed by atoms with E-state index in [1.807, 2.05) is 31.2 Å². The van der Waals surface area contributed by atoms with Gasteiger partial charge in [0.15, 0.2) is 15.7 Å². The Balaban J connectivity index is 2.03. The van der Waals surface area contributed by atoms with Gasteiger partial charge < -0.3 is 0 Å². The predicted octanol–water partition coefficient (Wildman–Crippen LogP) is 3.84. The maximum atomic E-state index is 13.4. The maximum Gasteiger partial charge on any atom is 0.209 e. The van der Waals surface area contributed by atoms with Crippen LogP contribution in [0.1, 0.15) is 36.5 Å². The Morgan fingerprint density at radius 3 is 2.35 bits per heavy atom. The molecule has 1 aliphatic carbocycles. The van der Waals surface area contributed by atoms with E-state index in [4.69, 9.17) is 11.6 Å². The quantitative estimate of drug-likeness (QED) is 0.647. The highest BCUT2D eigenvalue weighted by atomic mass is 35.5. The first-order valence-corrected chi connectivity index (χ1v) is 14.9. The Kier molecular flexibility index (Phi) is 6.58. The summed E-state index contributed by atoms with van der Waals surface area (Å²) in [4.78, 5) is 9.23. The lowest BCUT2D eigenvalue weighted by atomic mass is 9.74. The fraction of sp³-hybridized carbons (Fsp3) is 0.333. The second-order valence-corrected chi connectivity index (χ2v) is 13.0. The van der Waals surface area contributed by atoms with E-state index in [2.05, 4.69) is 14.7 Å². The zero-order chi connectivity index (χ0) is 24.7. The molecule has 180 valence electrons. The molecular weight excluding hydrogens is 494 g/mol. The fourth-order valence-corrected chi connectivity index (χ4v) is 7.50. The fourth-order valence-electron chi connectivity index (χ4n) is 4.76. The first-order chi connectivity index (χ1) is 15.9. The van der Waals surface area contributed by atoms with E-state index in [0.717, 1.165) is 23.6 Å². The molecule has 2 aliphatic rings. The summed E-state index contributed by atoms with van der Waals surface area (Å²) in [5.74, 6) is 0.0982. The van der Waals surface area contributed by atoms with E-state index in [9.17, 15) is 16.8 Å². The van der Waals surface area contributed by atoms with E-state index in [1.165, 1.54) is 0 Å². The number of sulfone groups is 1. The molecule has 34 heavy (non-hydrogen) atoms. The first-order valence-electron chi connectivity index (χ1n) is 10.8. The molecule has 4 rings (SSSR count). The second kappa shape index (κ2) is 9.03. The normalized spacial score (nSPS) is 23.3. The smallest absolute Gasteiger partial charge is 0.209 e. The molecule has 2 aromatic carbocycles. The lowest BCUT2D eigenvalue weighted by Crippen LogP contribution is -2.51. The highest BCUT2D eigenvalue weighted by Crippen LogP contribution is 2.47. The van der Waals surface area contributed by atoms with Crippen molar-refractivity contribution in [1.82, 2.24) is 4.72 Å². The Hall–Kier alpha value is -2.33. The molecule has 0 saturated heterocycles. The summed E-state index contributed by atoms with van der Waals surface area (Å²) < 4.78 is 54.6. The minimum absolute atomic E-state index is 0.0200. The van der Waals surface area contributed by atoms with Crippen LogP contribution in [0.2, 0.25) is 5.02 Å². The van der Waals surface area contributed by atoms with Crippen LogP contribution >= 0.6 is 11.6 Å². The van der Waals surface area contributed by atoms with Crippen LogP contribution in [0.3, 0.4) is 0 Å². The van der Waals surface area contributed by atoms with Gasteiger partial charge in [-0.15, -0.1) is 0 Å². The minimum Gasteiger partial charge on any atom is -0.262 e. The molecule has 0 saturated carbocycles. The molecule has 0 amide bonds. The summed E-state index contributed by atoms with van der Waals surface area (Å²) in [5.41, 5.74) is 1.30. The van der Waals surface area contributed by atoms with Gasteiger partial charge in [-0.05, 0) is 47.6 Å². The molecule has 1 heterocycles. The second-order valence-electron chi connectivity index (χ2n) is 8.84. The van der Waals surface area contributed by atoms with E-state index >= 15 is 0 Å². The number of aliphatic imine (C=N–C) groups is 2. The molecule has 0 fully saturated rings. The van der Waals surface area contributed by atoms with Crippen LogP contribution < -0.4 is 4.72 Å². The molecule has 2 aromatic rings. The summed E-state index contributed by atoms with van der Waals surface area (Å²) in [7, 11) is -7.73. The van der Waals surface area contributed by atoms with Crippen molar-refractivity contribution in [3.05, 3.63) is 80.7 Å². The van der Waals surface area contributed by atoms with Crippen molar-refractivity contribution in [2.24, 2.45) is 15.9 Å². The number of amidine groups is 1. The standard InChI is InChI=1S/C24H26ClN3O4S2/c1-16-12-13-24(28-34(3,31)32,19-8-10-20(25)11-9-19)22(33(2,29)30)21(16)23-26-14-17-6-4-5-7-18(17)15-27-23/h4-11,14,16,28H,12-13,15H2,1-3H3.